The summed E-state index contributed by atoms with van der Waals surface area (Å²) >= 11 is 3.50. The molecule has 1 fully saturated rings. The van der Waals surface area contributed by atoms with Gasteiger partial charge in [0.05, 0.1) is 17.7 Å². The minimum Gasteiger partial charge on any atom is -0.383 e. The number of nitrogens with zero attached hydrogens (tertiary/aromatic N) is 5. The van der Waals surface area contributed by atoms with E-state index in [1.165, 1.54) is 0 Å². The van der Waals surface area contributed by atoms with E-state index < -0.39 is 9.84 Å². The van der Waals surface area contributed by atoms with Gasteiger partial charge in [0.15, 0.2) is 15.5 Å². The van der Waals surface area contributed by atoms with Crippen molar-refractivity contribution in [2.75, 3.05) is 35.2 Å². The molecule has 9 nitrogen and oxygen atoms in total. The maximum atomic E-state index is 11.8. The maximum absolute atomic E-state index is 11.8. The Labute approximate surface area is 168 Å². The van der Waals surface area contributed by atoms with Gasteiger partial charge in [0.25, 0.3) is 0 Å². The second-order valence-corrected chi connectivity index (χ2v) is 9.75. The molecule has 1 aromatic carbocycles. The number of rotatable bonds is 2. The molecule has 28 heavy (non-hydrogen) atoms. The number of hydrogen-bond donors (Lipinski definition) is 1. The summed E-state index contributed by atoms with van der Waals surface area (Å²) in [7, 11) is -2.99. The average Bonchev–Trinajstić information content (AvgIpc) is 3.31. The van der Waals surface area contributed by atoms with E-state index in [-0.39, 0.29) is 11.5 Å². The molecule has 0 atom stereocenters. The van der Waals surface area contributed by atoms with E-state index in [4.69, 9.17) is 15.2 Å². The number of benzene rings is 1. The van der Waals surface area contributed by atoms with Gasteiger partial charge < -0.3 is 15.2 Å². The van der Waals surface area contributed by atoms with Crippen molar-refractivity contribution in [3.05, 3.63) is 35.1 Å². The van der Waals surface area contributed by atoms with E-state index in [1.807, 2.05) is 23.1 Å². The Morgan fingerprint density at radius 1 is 1.21 bits per heavy atom. The Kier molecular flexibility index (Phi) is 3.85. The van der Waals surface area contributed by atoms with Gasteiger partial charge >= 0.3 is 0 Å². The van der Waals surface area contributed by atoms with Gasteiger partial charge in [-0.25, -0.2) is 13.4 Å². The first kappa shape index (κ1) is 17.4. The molecule has 11 heteroatoms. The second kappa shape index (κ2) is 6.17. The lowest BCUT2D eigenvalue weighted by molar-refractivity contribution is 0.428. The van der Waals surface area contributed by atoms with Crippen LogP contribution in [0.5, 0.6) is 0 Å². The van der Waals surface area contributed by atoms with Crippen molar-refractivity contribution in [1.82, 2.24) is 19.8 Å². The molecule has 1 aliphatic rings. The number of aromatic nitrogens is 4. The van der Waals surface area contributed by atoms with Crippen LogP contribution in [0.4, 0.5) is 11.6 Å². The third kappa shape index (κ3) is 2.73. The van der Waals surface area contributed by atoms with Crippen molar-refractivity contribution < 1.29 is 12.9 Å². The summed E-state index contributed by atoms with van der Waals surface area (Å²) in [6.07, 6.45) is 3.30. The lowest BCUT2D eigenvalue weighted by Gasteiger charge is -2.28. The van der Waals surface area contributed by atoms with E-state index in [0.717, 1.165) is 22.0 Å². The number of halogens is 1. The molecule has 3 aromatic heterocycles. The molecule has 0 radical (unpaired) electrons. The first-order valence-corrected chi connectivity index (χ1v) is 11.2. The Morgan fingerprint density at radius 3 is 2.79 bits per heavy atom. The molecular formula is C17H15BrN6O3S. The zero-order valence-corrected chi connectivity index (χ0v) is 16.9. The monoisotopic (exact) mass is 462 g/mol. The fraction of sp³-hybridized carbons (Fsp3) is 0.235. The Hall–Kier alpha value is -2.66. The molecule has 5 rings (SSSR count). The van der Waals surface area contributed by atoms with Gasteiger partial charge in [0, 0.05) is 24.0 Å². The number of nitrogen functional groups attached to an aromatic ring is 1. The van der Waals surface area contributed by atoms with Crippen molar-refractivity contribution in [2.45, 2.75) is 0 Å². The fourth-order valence-electron chi connectivity index (χ4n) is 3.36. The maximum Gasteiger partial charge on any atom is 0.167 e. The lowest BCUT2D eigenvalue weighted by Crippen LogP contribution is -2.41. The highest BCUT2D eigenvalue weighted by Crippen LogP contribution is 2.35. The molecule has 2 N–H and O–H groups in total. The molecule has 0 unspecified atom stereocenters. The Morgan fingerprint density at radius 2 is 2.00 bits per heavy atom. The van der Waals surface area contributed by atoms with Crippen molar-refractivity contribution in [1.29, 1.82) is 0 Å². The summed E-state index contributed by atoms with van der Waals surface area (Å²) < 4.78 is 30.7. The largest absolute Gasteiger partial charge is 0.383 e. The van der Waals surface area contributed by atoms with Crippen LogP contribution in [-0.4, -0.2) is 52.8 Å². The van der Waals surface area contributed by atoms with Crippen LogP contribution < -0.4 is 10.6 Å². The van der Waals surface area contributed by atoms with Gasteiger partial charge in [-0.05, 0) is 33.6 Å². The van der Waals surface area contributed by atoms with Gasteiger partial charge in [-0.15, -0.1) is 0 Å². The Bertz CT molecular complexity index is 1320. The molecule has 0 spiro atoms. The molecule has 144 valence electrons. The molecule has 4 heterocycles. The van der Waals surface area contributed by atoms with Crippen molar-refractivity contribution in [3.8, 4) is 11.1 Å². The number of fused-ring (bicyclic) bond motifs is 2. The Balaban J connectivity index is 1.65. The van der Waals surface area contributed by atoms with E-state index in [9.17, 15) is 8.42 Å². The highest BCUT2D eigenvalue weighted by molar-refractivity contribution is 9.10. The summed E-state index contributed by atoms with van der Waals surface area (Å²) in [6.45, 7) is 0.749. The molecule has 0 saturated carbocycles. The van der Waals surface area contributed by atoms with Crippen LogP contribution >= 0.6 is 15.9 Å². The van der Waals surface area contributed by atoms with Crippen LogP contribution in [0.2, 0.25) is 0 Å². The van der Waals surface area contributed by atoms with E-state index >= 15 is 0 Å². The van der Waals surface area contributed by atoms with Crippen molar-refractivity contribution in [2.24, 2.45) is 0 Å². The minimum atomic E-state index is -2.99. The van der Waals surface area contributed by atoms with Crippen LogP contribution in [0.1, 0.15) is 0 Å². The van der Waals surface area contributed by atoms with E-state index in [1.54, 1.807) is 17.0 Å². The van der Waals surface area contributed by atoms with Gasteiger partial charge in [-0.3, -0.25) is 0 Å². The molecule has 1 saturated heterocycles. The van der Waals surface area contributed by atoms with Crippen molar-refractivity contribution >= 4 is 54.0 Å². The summed E-state index contributed by atoms with van der Waals surface area (Å²) in [6, 6.07) is 5.75. The van der Waals surface area contributed by atoms with Gasteiger partial charge in [-0.2, -0.15) is 9.61 Å². The topological polar surface area (TPSA) is 120 Å². The van der Waals surface area contributed by atoms with Crippen LogP contribution in [0.25, 0.3) is 27.7 Å². The number of hydrogen-bond acceptors (Lipinski definition) is 8. The zero-order chi connectivity index (χ0) is 19.5. The highest BCUT2D eigenvalue weighted by atomic mass is 79.9. The van der Waals surface area contributed by atoms with Gasteiger partial charge in [0.2, 0.25) is 0 Å². The van der Waals surface area contributed by atoms with E-state index in [2.05, 4.69) is 26.2 Å². The zero-order valence-electron chi connectivity index (χ0n) is 14.5. The van der Waals surface area contributed by atoms with Crippen LogP contribution in [0.3, 0.4) is 0 Å². The first-order chi connectivity index (χ1) is 13.4. The van der Waals surface area contributed by atoms with Crippen LogP contribution in [0.15, 0.2) is 39.7 Å². The summed E-state index contributed by atoms with van der Waals surface area (Å²) in [5.74, 6) is 1.23. The average molecular weight is 463 g/mol. The second-order valence-electron chi connectivity index (χ2n) is 6.66. The molecule has 0 bridgehead atoms. The summed E-state index contributed by atoms with van der Waals surface area (Å²) in [5, 5.41) is 9.18. The predicted molar refractivity (Wildman–Crippen MR) is 109 cm³/mol. The molecule has 0 aliphatic carbocycles. The smallest absolute Gasteiger partial charge is 0.167 e. The summed E-state index contributed by atoms with van der Waals surface area (Å²) in [5.41, 5.74) is 9.38. The van der Waals surface area contributed by atoms with Crippen LogP contribution in [0, 0.1) is 0 Å². The normalized spacial score (nSPS) is 16.8. The molecule has 0 amide bonds. The predicted octanol–water partition coefficient (Wildman–Crippen LogP) is 2.12. The molecule has 4 aromatic rings. The molecule has 1 aliphatic heterocycles. The third-order valence-electron chi connectivity index (χ3n) is 4.92. The highest BCUT2D eigenvalue weighted by Gasteiger charge is 2.26. The first-order valence-electron chi connectivity index (χ1n) is 8.55. The number of anilines is 2. The van der Waals surface area contributed by atoms with E-state index in [0.29, 0.717) is 34.8 Å². The van der Waals surface area contributed by atoms with Crippen LogP contribution in [-0.2, 0) is 9.84 Å². The lowest BCUT2D eigenvalue weighted by atomic mass is 10.1. The fourth-order valence-corrected chi connectivity index (χ4v) is 5.07. The van der Waals surface area contributed by atoms with Gasteiger partial charge in [-0.1, -0.05) is 11.2 Å². The van der Waals surface area contributed by atoms with Gasteiger partial charge in [0.1, 0.15) is 27.9 Å². The minimum absolute atomic E-state index is 0.0997. The van der Waals surface area contributed by atoms with Crippen molar-refractivity contribution in [3.63, 3.8) is 0 Å². The third-order valence-corrected chi connectivity index (χ3v) is 7.29. The standard InChI is InChI=1S/C17H15BrN6O3S/c18-14-15(19)24-16(21-17(14)23-3-5-28(25,26)6-4-23)12(8-20-24)10-1-2-13-11(7-10)9-27-22-13/h1-2,7-9H,3-6,19H2. The molecular weight excluding hydrogens is 448 g/mol. The SMILES string of the molecule is Nc1c(Br)c(N2CCS(=O)(=O)CC2)nc2c(-c3ccc4nocc4c3)cnn12. The number of sulfone groups is 1. The summed E-state index contributed by atoms with van der Waals surface area (Å²) in [4.78, 5) is 6.71. The number of nitrogens with two attached hydrogens (primary N) is 1. The quantitative estimate of drug-likeness (QED) is 0.480.